The molecular weight excluding hydrogens is 514 g/mol. The molecule has 1 aliphatic rings. The van der Waals surface area contributed by atoms with E-state index in [1.165, 1.54) is 0 Å². The van der Waals surface area contributed by atoms with E-state index in [2.05, 4.69) is 16.0 Å². The van der Waals surface area contributed by atoms with Gasteiger partial charge < -0.3 is 20.7 Å². The molecule has 3 amide bonds. The number of ether oxygens (including phenoxy) is 1. The van der Waals surface area contributed by atoms with Crippen molar-refractivity contribution >= 4 is 29.3 Å². The first-order valence-electron chi connectivity index (χ1n) is 13.2. The van der Waals surface area contributed by atoms with Crippen LogP contribution in [-0.4, -0.2) is 42.5 Å². The van der Waals surface area contributed by atoms with E-state index in [1.54, 1.807) is 18.2 Å². The molecular formula is C31H34ClN3O4. The Balaban J connectivity index is 1.70. The molecule has 0 fully saturated rings. The zero-order valence-electron chi connectivity index (χ0n) is 22.2. The Kier molecular flexibility index (Phi) is 9.60. The number of amides is 3. The minimum absolute atomic E-state index is 0.0999. The van der Waals surface area contributed by atoms with Gasteiger partial charge in [0.25, 0.3) is 5.91 Å². The Morgan fingerprint density at radius 1 is 0.795 bits per heavy atom. The molecule has 1 aliphatic heterocycles. The highest BCUT2D eigenvalue weighted by atomic mass is 35.5. The number of nitrogens with one attached hydrogen (secondary N) is 3. The molecule has 3 N–H and O–H groups in total. The van der Waals surface area contributed by atoms with Crippen LogP contribution in [0.2, 0.25) is 5.02 Å². The van der Waals surface area contributed by atoms with Crippen LogP contribution in [0, 0.1) is 5.92 Å². The maximum atomic E-state index is 13.7. The maximum absolute atomic E-state index is 13.7. The van der Waals surface area contributed by atoms with Gasteiger partial charge in [-0.3, -0.25) is 14.4 Å². The summed E-state index contributed by atoms with van der Waals surface area (Å²) >= 11 is 6.24. The Morgan fingerprint density at radius 3 is 2.05 bits per heavy atom. The van der Waals surface area contributed by atoms with Gasteiger partial charge in [-0.25, -0.2) is 0 Å². The summed E-state index contributed by atoms with van der Waals surface area (Å²) in [6, 6.07) is 21.9. The molecule has 4 rings (SSSR count). The van der Waals surface area contributed by atoms with Crippen molar-refractivity contribution in [3.63, 3.8) is 0 Å². The summed E-state index contributed by atoms with van der Waals surface area (Å²) in [6.45, 7) is 4.04. The molecule has 3 aromatic carbocycles. The molecule has 8 heteroatoms. The summed E-state index contributed by atoms with van der Waals surface area (Å²) in [4.78, 5) is 40.6. The normalized spacial score (nSPS) is 20.3. The number of hydrogen-bond donors (Lipinski definition) is 3. The summed E-state index contributed by atoms with van der Waals surface area (Å²) in [5.74, 6) is -0.772. The van der Waals surface area contributed by atoms with E-state index in [0.717, 1.165) is 11.1 Å². The minimum Gasteiger partial charge on any atom is -0.491 e. The van der Waals surface area contributed by atoms with Crippen molar-refractivity contribution in [1.82, 2.24) is 16.0 Å². The summed E-state index contributed by atoms with van der Waals surface area (Å²) < 4.78 is 6.12. The third kappa shape index (κ3) is 8.07. The third-order valence-corrected chi connectivity index (χ3v) is 6.78. The molecule has 3 atom stereocenters. The molecule has 3 aromatic rings. The van der Waals surface area contributed by atoms with Crippen molar-refractivity contribution in [2.45, 2.75) is 51.2 Å². The van der Waals surface area contributed by atoms with Crippen LogP contribution in [-0.2, 0) is 22.4 Å². The van der Waals surface area contributed by atoms with Gasteiger partial charge in [-0.2, -0.15) is 0 Å². The summed E-state index contributed by atoms with van der Waals surface area (Å²) in [5.41, 5.74) is 2.19. The smallest absolute Gasteiger partial charge is 0.255 e. The number of fused-ring (bicyclic) bond motifs is 1. The van der Waals surface area contributed by atoms with Crippen LogP contribution in [0.4, 0.5) is 0 Å². The Bertz CT molecular complexity index is 1280. The number of hydrogen-bond acceptors (Lipinski definition) is 4. The number of halogens is 1. The summed E-state index contributed by atoms with van der Waals surface area (Å²) in [7, 11) is 0. The van der Waals surface area contributed by atoms with Crippen LogP contribution in [0.25, 0.3) is 0 Å². The lowest BCUT2D eigenvalue weighted by atomic mass is 10.00. The van der Waals surface area contributed by atoms with E-state index in [1.807, 2.05) is 74.5 Å². The van der Waals surface area contributed by atoms with Gasteiger partial charge >= 0.3 is 0 Å². The van der Waals surface area contributed by atoms with Gasteiger partial charge in [0.05, 0.1) is 11.6 Å². The quantitative estimate of drug-likeness (QED) is 0.428. The Labute approximate surface area is 234 Å². The van der Waals surface area contributed by atoms with Gasteiger partial charge in [-0.1, -0.05) is 86.1 Å². The molecule has 0 saturated heterocycles. The van der Waals surface area contributed by atoms with Gasteiger partial charge in [0.15, 0.2) is 0 Å². The van der Waals surface area contributed by atoms with Crippen LogP contribution < -0.4 is 20.7 Å². The van der Waals surface area contributed by atoms with E-state index in [-0.39, 0.29) is 29.7 Å². The van der Waals surface area contributed by atoms with E-state index in [0.29, 0.717) is 24.3 Å². The highest BCUT2D eigenvalue weighted by Crippen LogP contribution is 2.25. The van der Waals surface area contributed by atoms with Crippen molar-refractivity contribution in [2.75, 3.05) is 6.61 Å². The summed E-state index contributed by atoms with van der Waals surface area (Å²) in [5, 5.41) is 9.28. The average molecular weight is 548 g/mol. The number of rotatable bonds is 6. The fourth-order valence-corrected chi connectivity index (χ4v) is 4.78. The molecule has 1 heterocycles. The van der Waals surface area contributed by atoms with Crippen molar-refractivity contribution in [2.24, 2.45) is 5.92 Å². The lowest BCUT2D eigenvalue weighted by Crippen LogP contribution is -2.56. The first-order chi connectivity index (χ1) is 18.8. The monoisotopic (exact) mass is 547 g/mol. The molecule has 0 bridgehead atoms. The van der Waals surface area contributed by atoms with Crippen LogP contribution >= 0.6 is 11.6 Å². The van der Waals surface area contributed by atoms with Gasteiger partial charge in [-0.05, 0) is 48.1 Å². The minimum atomic E-state index is -0.845. The molecule has 0 aliphatic carbocycles. The second-order valence-corrected chi connectivity index (χ2v) is 10.7. The highest BCUT2D eigenvalue weighted by molar-refractivity contribution is 6.30. The largest absolute Gasteiger partial charge is 0.491 e. The van der Waals surface area contributed by atoms with Crippen LogP contribution in [0.15, 0.2) is 78.9 Å². The van der Waals surface area contributed by atoms with Gasteiger partial charge in [0, 0.05) is 11.4 Å². The highest BCUT2D eigenvalue weighted by Gasteiger charge is 2.30. The van der Waals surface area contributed by atoms with Crippen LogP contribution in [0.5, 0.6) is 5.75 Å². The predicted octanol–water partition coefficient (Wildman–Crippen LogP) is 4.33. The SMILES string of the molecule is CC(C)C[C@@H]1NC(=O)c2ccc(Cl)cc2OC[C@@H](Cc2ccccc2)NC(=O)[C@H](Cc2ccccc2)NC1=O. The van der Waals surface area contributed by atoms with Crippen LogP contribution in [0.3, 0.4) is 0 Å². The fraction of sp³-hybridized carbons (Fsp3) is 0.323. The summed E-state index contributed by atoms with van der Waals surface area (Å²) in [6.07, 6.45) is 1.20. The number of carbonyl (C=O) groups is 3. The average Bonchev–Trinajstić information content (AvgIpc) is 2.91. The molecule has 7 nitrogen and oxygen atoms in total. The Hall–Kier alpha value is -3.84. The van der Waals surface area contributed by atoms with Gasteiger partial charge in [0.1, 0.15) is 24.4 Å². The zero-order chi connectivity index (χ0) is 27.8. The van der Waals surface area contributed by atoms with Crippen molar-refractivity contribution < 1.29 is 19.1 Å². The van der Waals surface area contributed by atoms with E-state index in [9.17, 15) is 14.4 Å². The van der Waals surface area contributed by atoms with Gasteiger partial charge in [0.2, 0.25) is 11.8 Å². The van der Waals surface area contributed by atoms with E-state index < -0.39 is 29.9 Å². The Morgan fingerprint density at radius 2 is 1.41 bits per heavy atom. The lowest BCUT2D eigenvalue weighted by Gasteiger charge is -2.25. The fourth-order valence-electron chi connectivity index (χ4n) is 4.62. The lowest BCUT2D eigenvalue weighted by molar-refractivity contribution is -0.130. The molecule has 204 valence electrons. The topological polar surface area (TPSA) is 96.5 Å². The first-order valence-corrected chi connectivity index (χ1v) is 13.6. The van der Waals surface area contributed by atoms with Crippen molar-refractivity contribution in [1.29, 1.82) is 0 Å². The predicted molar refractivity (Wildman–Crippen MR) is 152 cm³/mol. The van der Waals surface area contributed by atoms with Crippen molar-refractivity contribution in [3.05, 3.63) is 101 Å². The second kappa shape index (κ2) is 13.3. The van der Waals surface area contributed by atoms with Crippen LogP contribution in [0.1, 0.15) is 41.8 Å². The van der Waals surface area contributed by atoms with E-state index >= 15 is 0 Å². The van der Waals surface area contributed by atoms with E-state index in [4.69, 9.17) is 16.3 Å². The molecule has 0 saturated carbocycles. The molecule has 0 spiro atoms. The van der Waals surface area contributed by atoms with Gasteiger partial charge in [-0.15, -0.1) is 0 Å². The number of benzene rings is 3. The second-order valence-electron chi connectivity index (χ2n) is 10.3. The third-order valence-electron chi connectivity index (χ3n) is 6.54. The molecule has 0 unspecified atom stereocenters. The van der Waals surface area contributed by atoms with Crippen molar-refractivity contribution in [3.8, 4) is 5.75 Å². The number of carbonyl (C=O) groups excluding carboxylic acids is 3. The molecule has 0 radical (unpaired) electrons. The first kappa shape index (κ1) is 28.2. The maximum Gasteiger partial charge on any atom is 0.255 e. The zero-order valence-corrected chi connectivity index (χ0v) is 22.9. The standard InChI is InChI=1S/C31H34ClN3O4/c1-20(2)15-26-31(38)35-27(17-22-11-7-4-8-12-22)30(37)33-24(16-21-9-5-3-6-10-21)19-39-28-18-23(32)13-14-25(28)29(36)34-26/h3-14,18,20,24,26-27H,15-17,19H2,1-2H3,(H,33,37)(H,34,36)(H,35,38)/t24-,26+,27+/m1/s1. The molecule has 39 heavy (non-hydrogen) atoms. The molecule has 0 aromatic heterocycles.